The fourth-order valence-corrected chi connectivity index (χ4v) is 3.73. The Morgan fingerprint density at radius 1 is 1.34 bits per heavy atom. The lowest BCUT2D eigenvalue weighted by atomic mass is 9.94. The molecule has 0 aromatic carbocycles. The number of methoxy groups -OCH3 is 1. The predicted molar refractivity (Wildman–Crippen MR) is 117 cm³/mol. The Labute approximate surface area is 198 Å². The Morgan fingerprint density at radius 2 is 2.14 bits per heavy atom. The third-order valence-corrected chi connectivity index (χ3v) is 5.25. The van der Waals surface area contributed by atoms with Gasteiger partial charge in [0.05, 0.1) is 30.6 Å². The summed E-state index contributed by atoms with van der Waals surface area (Å²) in [6, 6.07) is 8.88. The van der Waals surface area contributed by atoms with Crippen molar-refractivity contribution >= 4 is 5.91 Å². The molecule has 1 unspecified atom stereocenters. The molecule has 0 aliphatic carbocycles. The summed E-state index contributed by atoms with van der Waals surface area (Å²) in [6.07, 6.45) is 0.831. The van der Waals surface area contributed by atoms with Crippen LogP contribution in [0.15, 0.2) is 41.1 Å². The van der Waals surface area contributed by atoms with E-state index in [4.69, 9.17) is 9.26 Å². The fraction of sp³-hybridized carbons (Fsp3) is 0.217. The smallest absolute Gasteiger partial charge is 0.273 e. The maximum Gasteiger partial charge on any atom is 0.273 e. The van der Waals surface area contributed by atoms with Crippen molar-refractivity contribution in [2.45, 2.75) is 12.8 Å². The van der Waals surface area contributed by atoms with E-state index in [9.17, 15) is 18.8 Å². The highest BCUT2D eigenvalue weighted by molar-refractivity contribution is 5.93. The largest absolute Gasteiger partial charge is 0.481 e. The number of aryl methyl sites for hydroxylation is 2. The summed E-state index contributed by atoms with van der Waals surface area (Å²) in [5, 5.41) is 20.1. The first-order valence-electron chi connectivity index (χ1n) is 10.3. The highest BCUT2D eigenvalue weighted by Gasteiger charge is 2.27. The van der Waals surface area contributed by atoms with Crippen LogP contribution in [0, 0.1) is 29.9 Å². The minimum atomic E-state index is -0.948. The summed E-state index contributed by atoms with van der Waals surface area (Å²) >= 11 is 0. The lowest BCUT2D eigenvalue weighted by molar-refractivity contribution is 0.0943. The van der Waals surface area contributed by atoms with Crippen LogP contribution in [0.25, 0.3) is 11.5 Å². The number of nitrogens with one attached hydrogen (secondary N) is 1. The molecular formula is C23H19F2N7O3. The third kappa shape index (κ3) is 4.70. The topological polar surface area (TPSA) is 132 Å². The van der Waals surface area contributed by atoms with Gasteiger partial charge in [-0.25, -0.2) is 23.4 Å². The number of halogens is 2. The highest BCUT2D eigenvalue weighted by Crippen LogP contribution is 2.33. The van der Waals surface area contributed by atoms with E-state index in [2.05, 4.69) is 25.5 Å². The van der Waals surface area contributed by atoms with Crippen LogP contribution in [-0.4, -0.2) is 44.5 Å². The van der Waals surface area contributed by atoms with Crippen molar-refractivity contribution < 1.29 is 22.8 Å². The van der Waals surface area contributed by atoms with Gasteiger partial charge in [0, 0.05) is 31.3 Å². The molecule has 0 fully saturated rings. The number of carbonyl (C=O) groups excluding carboxylic acids is 1. The summed E-state index contributed by atoms with van der Waals surface area (Å²) in [5.74, 6) is -2.56. The third-order valence-electron chi connectivity index (χ3n) is 5.25. The first-order chi connectivity index (χ1) is 16.8. The van der Waals surface area contributed by atoms with Crippen LogP contribution in [0.4, 0.5) is 8.78 Å². The molecule has 4 aromatic rings. The molecule has 0 aliphatic rings. The molecule has 4 rings (SSSR count). The molecule has 1 atom stereocenters. The molecular weight excluding hydrogens is 460 g/mol. The van der Waals surface area contributed by atoms with E-state index in [1.807, 2.05) is 6.07 Å². The van der Waals surface area contributed by atoms with Gasteiger partial charge in [-0.3, -0.25) is 4.79 Å². The van der Waals surface area contributed by atoms with Gasteiger partial charge in [0.1, 0.15) is 23.3 Å². The number of nitrogens with zero attached hydrogens (tertiary/aromatic N) is 6. The van der Waals surface area contributed by atoms with Crippen LogP contribution in [0.2, 0.25) is 0 Å². The van der Waals surface area contributed by atoms with Crippen LogP contribution < -0.4 is 10.1 Å². The average Bonchev–Trinajstić information content (AvgIpc) is 3.43. The quantitative estimate of drug-likeness (QED) is 0.428. The molecule has 0 spiro atoms. The first-order valence-corrected chi connectivity index (χ1v) is 10.3. The number of aromatic nitrogens is 5. The molecule has 4 heterocycles. The van der Waals surface area contributed by atoms with E-state index >= 15 is 0 Å². The second-order valence-electron chi connectivity index (χ2n) is 7.51. The number of hydrogen-bond donors (Lipinski definition) is 1. The van der Waals surface area contributed by atoms with Crippen molar-refractivity contribution in [2.24, 2.45) is 7.05 Å². The van der Waals surface area contributed by atoms with Crippen molar-refractivity contribution in [1.82, 2.24) is 30.2 Å². The maximum atomic E-state index is 14.0. The number of amides is 1. The van der Waals surface area contributed by atoms with Crippen LogP contribution in [0.5, 0.6) is 5.88 Å². The Morgan fingerprint density at radius 3 is 2.86 bits per heavy atom. The van der Waals surface area contributed by atoms with Crippen LogP contribution in [0.3, 0.4) is 0 Å². The van der Waals surface area contributed by atoms with Gasteiger partial charge in [0.2, 0.25) is 5.88 Å². The standard InChI is InChI=1S/C23H19F2N7O3/c1-12-20(23(34-3)32(2)30-12)15(17-6-4-5-14(9-26)29-17)11-28-22(33)18-8-19(35-31-18)21-16(25)7-13(24)10-27-21/h4-8,10,15H,11H2,1-3H3,(H,28,33). The van der Waals surface area contributed by atoms with E-state index in [-0.39, 0.29) is 29.4 Å². The van der Waals surface area contributed by atoms with E-state index < -0.39 is 23.5 Å². The van der Waals surface area contributed by atoms with Gasteiger partial charge in [0.15, 0.2) is 17.3 Å². The summed E-state index contributed by atoms with van der Waals surface area (Å²) in [7, 11) is 3.23. The summed E-state index contributed by atoms with van der Waals surface area (Å²) < 4.78 is 39.3. The molecule has 10 nitrogen and oxygen atoms in total. The number of nitriles is 1. The minimum absolute atomic E-state index is 0.0506. The van der Waals surface area contributed by atoms with Crippen molar-refractivity contribution in [3.63, 3.8) is 0 Å². The van der Waals surface area contributed by atoms with Gasteiger partial charge in [-0.1, -0.05) is 11.2 Å². The molecule has 4 aromatic heterocycles. The van der Waals surface area contributed by atoms with Crippen LogP contribution in [-0.2, 0) is 7.05 Å². The number of pyridine rings is 2. The summed E-state index contributed by atoms with van der Waals surface area (Å²) in [6.45, 7) is 1.85. The molecule has 1 N–H and O–H groups in total. The number of hydrogen-bond acceptors (Lipinski definition) is 8. The van der Waals surface area contributed by atoms with E-state index in [1.165, 1.54) is 13.2 Å². The van der Waals surface area contributed by atoms with Crippen molar-refractivity contribution in [3.8, 4) is 23.4 Å². The van der Waals surface area contributed by atoms with Crippen molar-refractivity contribution in [2.75, 3.05) is 13.7 Å². The Kier molecular flexibility index (Phi) is 6.50. The zero-order valence-electron chi connectivity index (χ0n) is 18.9. The van der Waals surface area contributed by atoms with Gasteiger partial charge >= 0.3 is 0 Å². The number of carbonyl (C=O) groups is 1. The molecule has 0 aliphatic heterocycles. The molecule has 0 radical (unpaired) electrons. The fourth-order valence-electron chi connectivity index (χ4n) is 3.73. The van der Waals surface area contributed by atoms with Crippen LogP contribution in [0.1, 0.15) is 39.1 Å². The second-order valence-corrected chi connectivity index (χ2v) is 7.51. The summed E-state index contributed by atoms with van der Waals surface area (Å²) in [4.78, 5) is 20.9. The van der Waals surface area contributed by atoms with E-state index in [1.54, 1.807) is 36.9 Å². The number of ether oxygens (including phenoxy) is 1. The van der Waals surface area contributed by atoms with Crippen molar-refractivity contribution in [1.29, 1.82) is 5.26 Å². The van der Waals surface area contributed by atoms with Crippen LogP contribution >= 0.6 is 0 Å². The molecule has 1 amide bonds. The Bertz CT molecular complexity index is 1440. The summed E-state index contributed by atoms with van der Waals surface area (Å²) in [5.41, 5.74) is 1.69. The zero-order valence-corrected chi connectivity index (χ0v) is 18.9. The van der Waals surface area contributed by atoms with Gasteiger partial charge in [-0.15, -0.1) is 0 Å². The van der Waals surface area contributed by atoms with Gasteiger partial charge < -0.3 is 14.6 Å². The molecule has 0 saturated carbocycles. The first kappa shape index (κ1) is 23.5. The van der Waals surface area contributed by atoms with E-state index in [0.717, 1.165) is 6.20 Å². The normalized spacial score (nSPS) is 11.7. The average molecular weight is 479 g/mol. The SMILES string of the molecule is COc1c(C(CNC(=O)c2cc(-c3ncc(F)cc3F)on2)c2cccc(C#N)n2)c(C)nn1C. The lowest BCUT2D eigenvalue weighted by Crippen LogP contribution is -2.30. The lowest BCUT2D eigenvalue weighted by Gasteiger charge is -2.18. The van der Waals surface area contributed by atoms with Crippen molar-refractivity contribution in [3.05, 3.63) is 76.5 Å². The zero-order chi connectivity index (χ0) is 25.1. The maximum absolute atomic E-state index is 14.0. The van der Waals surface area contributed by atoms with Gasteiger partial charge in [-0.05, 0) is 19.1 Å². The number of rotatable bonds is 7. The predicted octanol–water partition coefficient (Wildman–Crippen LogP) is 2.89. The Balaban J connectivity index is 1.62. The second kappa shape index (κ2) is 9.68. The molecule has 0 bridgehead atoms. The Hall–Kier alpha value is -4.66. The van der Waals surface area contributed by atoms with Gasteiger partial charge in [0.25, 0.3) is 5.91 Å². The minimum Gasteiger partial charge on any atom is -0.481 e. The van der Waals surface area contributed by atoms with Gasteiger partial charge in [-0.2, -0.15) is 10.4 Å². The molecule has 0 saturated heterocycles. The monoisotopic (exact) mass is 479 g/mol. The molecule has 35 heavy (non-hydrogen) atoms. The molecule has 178 valence electrons. The molecule has 12 heteroatoms. The van der Waals surface area contributed by atoms with E-state index in [0.29, 0.717) is 28.9 Å². The highest BCUT2D eigenvalue weighted by atomic mass is 19.1.